The summed E-state index contributed by atoms with van der Waals surface area (Å²) in [7, 11) is 1.35. The third-order valence-corrected chi connectivity index (χ3v) is 6.58. The Hall–Kier alpha value is -3.82. The van der Waals surface area contributed by atoms with Gasteiger partial charge >= 0.3 is 11.7 Å². The summed E-state index contributed by atoms with van der Waals surface area (Å²) < 4.78 is 11.7. The van der Waals surface area contributed by atoms with Gasteiger partial charge in [0.05, 0.1) is 12.7 Å². The molecule has 5 rings (SSSR count). The Morgan fingerprint density at radius 1 is 1.21 bits per heavy atom. The number of aromatic nitrogens is 6. The Morgan fingerprint density at radius 3 is 2.71 bits per heavy atom. The van der Waals surface area contributed by atoms with E-state index in [-0.39, 0.29) is 11.6 Å². The molecule has 0 bridgehead atoms. The van der Waals surface area contributed by atoms with Crippen LogP contribution >= 0.6 is 0 Å². The summed E-state index contributed by atoms with van der Waals surface area (Å²) in [6.07, 6.45) is 4.80. The van der Waals surface area contributed by atoms with Crippen molar-refractivity contribution in [2.24, 2.45) is 11.8 Å². The second kappa shape index (κ2) is 8.85. The molecule has 3 heterocycles. The first-order valence-corrected chi connectivity index (χ1v) is 11.4. The number of ether oxygens (including phenoxy) is 1. The number of methoxy groups -OCH3 is 1. The van der Waals surface area contributed by atoms with Crippen LogP contribution < -0.4 is 5.76 Å². The minimum atomic E-state index is -0.693. The van der Waals surface area contributed by atoms with Gasteiger partial charge in [-0.1, -0.05) is 37.1 Å². The molecule has 0 atom stereocenters. The van der Waals surface area contributed by atoms with Gasteiger partial charge in [0.2, 0.25) is 11.6 Å². The van der Waals surface area contributed by atoms with Crippen LogP contribution in [0, 0.1) is 18.8 Å². The smallest absolute Gasteiger partial charge is 0.439 e. The van der Waals surface area contributed by atoms with Crippen molar-refractivity contribution in [3.05, 3.63) is 46.2 Å². The molecule has 1 aromatic carbocycles. The van der Waals surface area contributed by atoms with Crippen LogP contribution in [0.15, 0.2) is 33.6 Å². The van der Waals surface area contributed by atoms with Crippen LogP contribution in [-0.2, 0) is 11.3 Å². The Labute approximate surface area is 195 Å². The van der Waals surface area contributed by atoms with Crippen molar-refractivity contribution in [3.63, 3.8) is 0 Å². The molecule has 1 aliphatic carbocycles. The predicted octanol–water partition coefficient (Wildman–Crippen LogP) is 3.76. The number of carbonyl (C=O) groups is 1. The van der Waals surface area contributed by atoms with Gasteiger partial charge in [0.25, 0.3) is 0 Å². The van der Waals surface area contributed by atoms with Crippen molar-refractivity contribution < 1.29 is 14.1 Å². The lowest BCUT2D eigenvalue weighted by atomic mass is 9.83. The molecule has 4 aromatic rings. The molecule has 1 N–H and O–H groups in total. The molecule has 0 saturated heterocycles. The van der Waals surface area contributed by atoms with E-state index in [9.17, 15) is 9.59 Å². The molecule has 176 valence electrons. The maximum Gasteiger partial charge on any atom is 0.439 e. The Morgan fingerprint density at radius 2 is 2.00 bits per heavy atom. The first-order valence-electron chi connectivity index (χ1n) is 11.4. The average molecular weight is 463 g/mol. The topological polar surface area (TPSA) is 129 Å². The number of hydrogen-bond donors (Lipinski definition) is 1. The van der Waals surface area contributed by atoms with Crippen molar-refractivity contribution in [1.82, 2.24) is 29.7 Å². The molecule has 1 fully saturated rings. The number of nitrogens with one attached hydrogen (secondary N) is 1. The van der Waals surface area contributed by atoms with Crippen molar-refractivity contribution in [1.29, 1.82) is 0 Å². The van der Waals surface area contributed by atoms with E-state index in [1.807, 2.05) is 13.0 Å². The van der Waals surface area contributed by atoms with Crippen molar-refractivity contribution >= 4 is 17.1 Å². The summed E-state index contributed by atoms with van der Waals surface area (Å²) in [5.41, 5.74) is 2.99. The van der Waals surface area contributed by atoms with E-state index < -0.39 is 11.7 Å². The number of H-pyrrole nitrogens is 1. The zero-order valence-electron chi connectivity index (χ0n) is 19.4. The van der Waals surface area contributed by atoms with Gasteiger partial charge in [-0.3, -0.25) is 9.51 Å². The highest BCUT2D eigenvalue weighted by Gasteiger charge is 2.24. The minimum absolute atomic E-state index is 0.116. The summed E-state index contributed by atoms with van der Waals surface area (Å²) >= 11 is 0. The molecule has 1 saturated carbocycles. The highest BCUT2D eigenvalue weighted by molar-refractivity contribution is 5.94. The van der Waals surface area contributed by atoms with E-state index >= 15 is 0 Å². The van der Waals surface area contributed by atoms with E-state index in [4.69, 9.17) is 14.7 Å². The fourth-order valence-corrected chi connectivity index (χ4v) is 4.68. The van der Waals surface area contributed by atoms with Gasteiger partial charge in [-0.15, -0.1) is 0 Å². The van der Waals surface area contributed by atoms with Gasteiger partial charge in [-0.25, -0.2) is 24.5 Å². The zero-order chi connectivity index (χ0) is 23.8. The van der Waals surface area contributed by atoms with E-state index in [0.29, 0.717) is 28.4 Å². The van der Waals surface area contributed by atoms with Gasteiger partial charge in [-0.05, 0) is 43.7 Å². The lowest BCUT2D eigenvalue weighted by Crippen LogP contribution is -2.18. The number of nitrogens with zero attached hydrogens (tertiary/aromatic N) is 5. The largest absolute Gasteiger partial charge is 0.465 e. The third kappa shape index (κ3) is 4.11. The molecule has 1 aliphatic rings. The third-order valence-electron chi connectivity index (χ3n) is 6.58. The van der Waals surface area contributed by atoms with E-state index in [1.54, 1.807) is 18.2 Å². The van der Waals surface area contributed by atoms with Crippen LogP contribution in [0.2, 0.25) is 0 Å². The van der Waals surface area contributed by atoms with Gasteiger partial charge in [0.1, 0.15) is 17.0 Å². The van der Waals surface area contributed by atoms with Crippen LogP contribution in [0.1, 0.15) is 48.8 Å². The second-order valence-corrected chi connectivity index (χ2v) is 8.98. The second-order valence-electron chi connectivity index (χ2n) is 8.98. The average Bonchev–Trinajstić information content (AvgIpc) is 3.42. The number of fused-ring (bicyclic) bond motifs is 1. The Kier molecular flexibility index (Phi) is 5.72. The normalized spacial score (nSPS) is 18.3. The summed E-state index contributed by atoms with van der Waals surface area (Å²) in [4.78, 5) is 40.2. The molecular weight excluding hydrogens is 436 g/mol. The molecule has 0 unspecified atom stereocenters. The molecule has 0 aliphatic heterocycles. The number of aryl methyl sites for hydroxylation is 1. The summed E-state index contributed by atoms with van der Waals surface area (Å²) in [5, 5.41) is 3.74. The van der Waals surface area contributed by atoms with Crippen molar-refractivity contribution in [2.45, 2.75) is 46.1 Å². The first kappa shape index (κ1) is 22.0. The van der Waals surface area contributed by atoms with E-state index in [2.05, 4.69) is 31.1 Å². The summed E-state index contributed by atoms with van der Waals surface area (Å²) in [6.45, 7) is 5.09. The minimum Gasteiger partial charge on any atom is -0.465 e. The highest BCUT2D eigenvalue weighted by Crippen LogP contribution is 2.33. The molecule has 10 nitrogen and oxygen atoms in total. The monoisotopic (exact) mass is 462 g/mol. The van der Waals surface area contributed by atoms with Gasteiger partial charge in [0, 0.05) is 12.1 Å². The Bertz CT molecular complexity index is 1410. The molecule has 3 aromatic heterocycles. The highest BCUT2D eigenvalue weighted by atomic mass is 16.5. The number of esters is 1. The van der Waals surface area contributed by atoms with E-state index in [0.717, 1.165) is 23.8 Å². The van der Waals surface area contributed by atoms with Crippen LogP contribution in [0.4, 0.5) is 0 Å². The fourth-order valence-electron chi connectivity index (χ4n) is 4.68. The number of aromatic amines is 1. The van der Waals surface area contributed by atoms with E-state index in [1.165, 1.54) is 32.8 Å². The number of imidazole rings is 1. The molecule has 0 radical (unpaired) electrons. The Balaban J connectivity index is 1.68. The van der Waals surface area contributed by atoms with Gasteiger partial charge in [-0.2, -0.15) is 0 Å². The zero-order valence-corrected chi connectivity index (χ0v) is 19.4. The standard InChI is InChI=1S/C24H26N6O4/c1-13-7-9-15(10-8-13)12-30-14(2)25-20-19(30)18(16-5-4-6-17(11-16)23(31)33-3)26-21(27-20)22-28-24(32)34-29-22/h4-6,11,13,15H,7-10,12H2,1-3H3,(H,28,29,32). The summed E-state index contributed by atoms with van der Waals surface area (Å²) in [5.74, 6) is 1.32. The lowest BCUT2D eigenvalue weighted by molar-refractivity contribution is 0.0601. The molecule has 0 amide bonds. The molecule has 10 heteroatoms. The molecule has 34 heavy (non-hydrogen) atoms. The van der Waals surface area contributed by atoms with Crippen LogP contribution in [0.5, 0.6) is 0 Å². The predicted molar refractivity (Wildman–Crippen MR) is 124 cm³/mol. The van der Waals surface area contributed by atoms with Crippen LogP contribution in [0.25, 0.3) is 34.1 Å². The SMILES string of the molecule is COC(=O)c1cccc(-c2nc(-c3noc(=O)[nH]3)nc3nc(C)n(CC4CCC(C)CC4)c23)c1. The fraction of sp³-hybridized carbons (Fsp3) is 0.417. The van der Waals surface area contributed by atoms with Gasteiger partial charge in [0.15, 0.2) is 5.65 Å². The van der Waals surface area contributed by atoms with Gasteiger partial charge < -0.3 is 9.30 Å². The lowest BCUT2D eigenvalue weighted by Gasteiger charge is -2.27. The maximum atomic E-state index is 12.2. The number of benzene rings is 1. The van der Waals surface area contributed by atoms with Crippen LogP contribution in [0.3, 0.4) is 0 Å². The van der Waals surface area contributed by atoms with Crippen LogP contribution in [-0.4, -0.2) is 42.7 Å². The summed E-state index contributed by atoms with van der Waals surface area (Å²) in [6, 6.07) is 7.08. The quantitative estimate of drug-likeness (QED) is 0.444. The number of rotatable bonds is 5. The maximum absolute atomic E-state index is 12.2. The van der Waals surface area contributed by atoms with Crippen molar-refractivity contribution in [2.75, 3.05) is 7.11 Å². The molecule has 0 spiro atoms. The number of carbonyl (C=O) groups excluding carboxylic acids is 1. The van der Waals surface area contributed by atoms with Crippen molar-refractivity contribution in [3.8, 4) is 22.9 Å². The molecular formula is C24H26N6O4. The number of hydrogen-bond acceptors (Lipinski definition) is 8. The first-order chi connectivity index (χ1) is 16.4.